The van der Waals surface area contributed by atoms with Gasteiger partial charge in [0.1, 0.15) is 0 Å². The smallest absolute Gasteiger partial charge is 0.309 e. The number of aliphatic carboxylic acids is 1. The average Bonchev–Trinajstić information content (AvgIpc) is 2.17. The maximum Gasteiger partial charge on any atom is 0.309 e. The molecule has 0 saturated carbocycles. The second kappa shape index (κ2) is 1.26. The zero-order chi connectivity index (χ0) is 5.28. The van der Waals surface area contributed by atoms with Gasteiger partial charge in [0.05, 0.1) is 6.42 Å². The minimum absolute atomic E-state index is 0.139. The van der Waals surface area contributed by atoms with Crippen molar-refractivity contribution < 1.29 is 9.90 Å². The summed E-state index contributed by atoms with van der Waals surface area (Å²) < 4.78 is 0. The Balaban J connectivity index is 2.21. The lowest BCUT2D eigenvalue weighted by atomic mass is 10.4. The summed E-state index contributed by atoms with van der Waals surface area (Å²) in [5.74, 6) is -0.781. The third-order valence-corrected chi connectivity index (χ3v) is 0.690. The topological polar surface area (TPSA) is 59.2 Å². The molecular weight excluding hydrogens is 94.0 g/mol. The van der Waals surface area contributed by atoms with E-state index in [-0.39, 0.29) is 6.42 Å². The molecule has 0 fully saturated rings. The van der Waals surface area contributed by atoms with E-state index in [4.69, 9.17) is 5.11 Å². The van der Waals surface area contributed by atoms with Gasteiger partial charge in [0, 0.05) is 11.9 Å². The van der Waals surface area contributed by atoms with Gasteiger partial charge in [0.2, 0.25) is 0 Å². The highest BCUT2D eigenvalue weighted by atomic mass is 16.4. The summed E-state index contributed by atoms with van der Waals surface area (Å²) in [6.07, 6.45) is 1.81. The molecule has 3 heteroatoms. The molecule has 0 unspecified atom stereocenters. The predicted molar refractivity (Wildman–Crippen MR) is 23.5 cm³/mol. The molecule has 7 heavy (non-hydrogen) atoms. The predicted octanol–water partition coefficient (Wildman–Crippen LogP) is -0.0943. The van der Waals surface area contributed by atoms with Gasteiger partial charge in [-0.3, -0.25) is 4.79 Å². The fourth-order valence-corrected chi connectivity index (χ4v) is 0.316. The van der Waals surface area contributed by atoms with Crippen molar-refractivity contribution in [1.29, 1.82) is 0 Å². The van der Waals surface area contributed by atoms with Gasteiger partial charge >= 0.3 is 5.97 Å². The van der Waals surface area contributed by atoms with E-state index in [0.29, 0.717) is 0 Å². The fraction of sp³-hybridized carbons (Fsp3) is 0.250. The molecule has 1 heterocycles. The third kappa shape index (κ3) is 1.26. The first kappa shape index (κ1) is 4.18. The van der Waals surface area contributed by atoms with Gasteiger partial charge in [-0.1, -0.05) is 0 Å². The summed E-state index contributed by atoms with van der Waals surface area (Å²) in [5.41, 5.74) is 0.813. The molecule has 2 N–H and O–H groups in total. The lowest BCUT2D eigenvalue weighted by Crippen LogP contribution is -1.94. The maximum atomic E-state index is 9.77. The molecule has 0 atom stereocenters. The van der Waals surface area contributed by atoms with Gasteiger partial charge in [0.25, 0.3) is 0 Å². The SMILES string of the molecule is O=C(O)CC1=CN1. The van der Waals surface area contributed by atoms with E-state index in [9.17, 15) is 4.79 Å². The number of nitrogens with one attached hydrogen (secondary N) is 1. The van der Waals surface area contributed by atoms with Crippen LogP contribution in [0.3, 0.4) is 0 Å². The van der Waals surface area contributed by atoms with Gasteiger partial charge in [-0.05, 0) is 0 Å². The highest BCUT2D eigenvalue weighted by Gasteiger charge is 2.09. The molecule has 1 aliphatic heterocycles. The number of carbonyl (C=O) groups is 1. The van der Waals surface area contributed by atoms with E-state index in [2.05, 4.69) is 5.32 Å². The van der Waals surface area contributed by atoms with Crippen LogP contribution in [0.2, 0.25) is 0 Å². The summed E-state index contributed by atoms with van der Waals surface area (Å²) >= 11 is 0. The van der Waals surface area contributed by atoms with Crippen LogP contribution in [-0.4, -0.2) is 11.1 Å². The molecule has 0 bridgehead atoms. The first-order chi connectivity index (χ1) is 3.29. The highest BCUT2D eigenvalue weighted by Crippen LogP contribution is 2.04. The van der Waals surface area contributed by atoms with Crippen molar-refractivity contribution >= 4 is 5.97 Å². The largest absolute Gasteiger partial charge is 0.481 e. The van der Waals surface area contributed by atoms with Crippen molar-refractivity contribution in [2.45, 2.75) is 6.42 Å². The lowest BCUT2D eigenvalue weighted by Gasteiger charge is -1.79. The molecule has 0 spiro atoms. The Morgan fingerprint density at radius 2 is 2.57 bits per heavy atom. The summed E-state index contributed by atoms with van der Waals surface area (Å²) in [6.45, 7) is 0. The Morgan fingerprint density at radius 3 is 2.71 bits per heavy atom. The second-order valence-electron chi connectivity index (χ2n) is 1.38. The normalized spacial score (nSPS) is 14.6. The summed E-state index contributed by atoms with van der Waals surface area (Å²) in [6, 6.07) is 0. The molecule has 0 radical (unpaired) electrons. The van der Waals surface area contributed by atoms with Crippen LogP contribution in [0.5, 0.6) is 0 Å². The summed E-state index contributed by atoms with van der Waals surface area (Å²) in [4.78, 5) is 9.77. The van der Waals surface area contributed by atoms with E-state index in [1.54, 1.807) is 6.20 Å². The monoisotopic (exact) mass is 99.0 g/mol. The molecule has 0 aromatic carbocycles. The van der Waals surface area contributed by atoms with Crippen molar-refractivity contribution in [1.82, 2.24) is 5.32 Å². The molecule has 1 rings (SSSR count). The number of rotatable bonds is 2. The number of hydrogen-bond acceptors (Lipinski definition) is 2. The van der Waals surface area contributed by atoms with Crippen LogP contribution in [0.25, 0.3) is 0 Å². The Kier molecular flexibility index (Phi) is 0.749. The van der Waals surface area contributed by atoms with Crippen LogP contribution in [0.1, 0.15) is 6.42 Å². The van der Waals surface area contributed by atoms with Crippen molar-refractivity contribution in [2.24, 2.45) is 0 Å². The standard InChI is InChI=1S/C4H5NO2/c6-4(7)1-3-2-5-3/h2,5H,1H2,(H,6,7). The minimum Gasteiger partial charge on any atom is -0.481 e. The van der Waals surface area contributed by atoms with Crippen LogP contribution in [0.15, 0.2) is 11.9 Å². The molecular formula is C4H5NO2. The van der Waals surface area contributed by atoms with Crippen molar-refractivity contribution in [3.8, 4) is 0 Å². The molecule has 0 aliphatic carbocycles. The zero-order valence-corrected chi connectivity index (χ0v) is 3.64. The van der Waals surface area contributed by atoms with Crippen molar-refractivity contribution in [2.75, 3.05) is 0 Å². The first-order valence-corrected chi connectivity index (χ1v) is 1.96. The van der Waals surface area contributed by atoms with E-state index < -0.39 is 5.97 Å². The zero-order valence-electron chi connectivity index (χ0n) is 3.64. The Hall–Kier alpha value is -0.990. The fourth-order valence-electron chi connectivity index (χ4n) is 0.316. The van der Waals surface area contributed by atoms with Crippen molar-refractivity contribution in [3.63, 3.8) is 0 Å². The second-order valence-corrected chi connectivity index (χ2v) is 1.38. The van der Waals surface area contributed by atoms with E-state index in [1.807, 2.05) is 0 Å². The van der Waals surface area contributed by atoms with Gasteiger partial charge in [0.15, 0.2) is 0 Å². The molecule has 1 aliphatic rings. The van der Waals surface area contributed by atoms with Crippen molar-refractivity contribution in [3.05, 3.63) is 11.9 Å². The quantitative estimate of drug-likeness (QED) is 0.508. The average molecular weight is 99.1 g/mol. The van der Waals surface area contributed by atoms with Gasteiger partial charge in [-0.2, -0.15) is 0 Å². The van der Waals surface area contributed by atoms with Crippen LogP contribution < -0.4 is 5.32 Å². The number of hydrogen-bond donors (Lipinski definition) is 2. The lowest BCUT2D eigenvalue weighted by molar-refractivity contribution is -0.136. The molecule has 0 aromatic heterocycles. The minimum atomic E-state index is -0.781. The Morgan fingerprint density at radius 1 is 2.00 bits per heavy atom. The van der Waals surface area contributed by atoms with Gasteiger partial charge < -0.3 is 10.4 Å². The van der Waals surface area contributed by atoms with Crippen LogP contribution in [0.4, 0.5) is 0 Å². The van der Waals surface area contributed by atoms with E-state index >= 15 is 0 Å². The Bertz CT molecular complexity index is 128. The van der Waals surface area contributed by atoms with Crippen LogP contribution in [0, 0.1) is 0 Å². The van der Waals surface area contributed by atoms with Crippen LogP contribution in [-0.2, 0) is 4.79 Å². The molecule has 0 saturated heterocycles. The molecule has 38 valence electrons. The highest BCUT2D eigenvalue weighted by molar-refractivity contribution is 5.70. The van der Waals surface area contributed by atoms with Gasteiger partial charge in [-0.15, -0.1) is 0 Å². The summed E-state index contributed by atoms with van der Waals surface area (Å²) in [5, 5.41) is 10.7. The first-order valence-electron chi connectivity index (χ1n) is 1.96. The molecule has 3 nitrogen and oxygen atoms in total. The van der Waals surface area contributed by atoms with E-state index in [0.717, 1.165) is 5.70 Å². The van der Waals surface area contributed by atoms with Gasteiger partial charge in [-0.25, -0.2) is 0 Å². The summed E-state index contributed by atoms with van der Waals surface area (Å²) in [7, 11) is 0. The number of carboxylic acids is 1. The van der Waals surface area contributed by atoms with Crippen LogP contribution >= 0.6 is 0 Å². The maximum absolute atomic E-state index is 9.77. The molecule has 0 amide bonds. The molecule has 0 aromatic rings. The Labute approximate surface area is 40.6 Å². The van der Waals surface area contributed by atoms with E-state index in [1.165, 1.54) is 0 Å². The third-order valence-electron chi connectivity index (χ3n) is 0.690. The number of carboxylic acid groups (broad SMARTS) is 1.